The molecule has 0 unspecified atom stereocenters. The number of benzene rings is 1. The van der Waals surface area contributed by atoms with Crippen LogP contribution in [0.1, 0.15) is 0 Å². The standard InChI is InChI=1S/C6H6ClNO4S/c7-4-1-2-6(5(9)3-4)12-13(8,10)11/h1-3,9H,(H2,8,10,11). The first-order valence-corrected chi connectivity index (χ1v) is 4.94. The number of aromatic hydroxyl groups is 1. The van der Waals surface area contributed by atoms with Crippen molar-refractivity contribution in [1.29, 1.82) is 0 Å². The number of nitrogens with two attached hydrogens (primary N) is 1. The molecular weight excluding hydrogens is 218 g/mol. The third-order valence-electron chi connectivity index (χ3n) is 1.13. The molecule has 0 aliphatic carbocycles. The van der Waals surface area contributed by atoms with E-state index in [1.165, 1.54) is 12.1 Å². The lowest BCUT2D eigenvalue weighted by molar-refractivity contribution is 0.429. The predicted molar refractivity (Wildman–Crippen MR) is 46.9 cm³/mol. The van der Waals surface area contributed by atoms with Gasteiger partial charge in [0, 0.05) is 11.1 Å². The zero-order valence-electron chi connectivity index (χ0n) is 6.27. The zero-order chi connectivity index (χ0) is 10.1. The minimum absolute atomic E-state index is 0.257. The van der Waals surface area contributed by atoms with Gasteiger partial charge in [0.1, 0.15) is 0 Å². The lowest BCUT2D eigenvalue weighted by Crippen LogP contribution is -2.18. The molecule has 0 aliphatic rings. The molecule has 0 saturated heterocycles. The number of phenolic OH excluding ortho intramolecular Hbond substituents is 1. The number of hydrogen-bond donors (Lipinski definition) is 2. The Hall–Kier alpha value is -0.980. The molecule has 0 bridgehead atoms. The Balaban J connectivity index is 3.04. The van der Waals surface area contributed by atoms with Crippen molar-refractivity contribution in [2.45, 2.75) is 0 Å². The summed E-state index contributed by atoms with van der Waals surface area (Å²) in [5, 5.41) is 14.0. The van der Waals surface area contributed by atoms with Gasteiger partial charge < -0.3 is 9.29 Å². The number of hydrogen-bond acceptors (Lipinski definition) is 4. The molecule has 1 aromatic carbocycles. The molecule has 0 aromatic heterocycles. The van der Waals surface area contributed by atoms with Crippen LogP contribution in [0, 0.1) is 0 Å². The van der Waals surface area contributed by atoms with Gasteiger partial charge in [0.25, 0.3) is 0 Å². The van der Waals surface area contributed by atoms with Crippen LogP contribution in [0.2, 0.25) is 5.02 Å². The molecule has 0 atom stereocenters. The van der Waals surface area contributed by atoms with Gasteiger partial charge in [0.2, 0.25) is 0 Å². The molecule has 0 heterocycles. The Morgan fingerprint density at radius 1 is 1.46 bits per heavy atom. The molecule has 0 aliphatic heterocycles. The van der Waals surface area contributed by atoms with Gasteiger partial charge in [-0.3, -0.25) is 0 Å². The smallest absolute Gasteiger partial charge is 0.380 e. The third kappa shape index (κ3) is 3.10. The molecule has 0 fully saturated rings. The van der Waals surface area contributed by atoms with E-state index >= 15 is 0 Å². The normalized spacial score (nSPS) is 11.2. The molecule has 13 heavy (non-hydrogen) atoms. The maximum absolute atomic E-state index is 10.4. The fourth-order valence-corrected chi connectivity index (χ4v) is 1.24. The second-order valence-corrected chi connectivity index (χ2v) is 3.78. The summed E-state index contributed by atoms with van der Waals surface area (Å²) in [6.45, 7) is 0. The van der Waals surface area contributed by atoms with Crippen molar-refractivity contribution >= 4 is 21.9 Å². The minimum atomic E-state index is -4.12. The van der Waals surface area contributed by atoms with E-state index in [0.29, 0.717) is 0 Å². The largest absolute Gasteiger partial charge is 0.504 e. The quantitative estimate of drug-likeness (QED) is 0.770. The Morgan fingerprint density at radius 3 is 2.54 bits per heavy atom. The second-order valence-electron chi connectivity index (χ2n) is 2.19. The highest BCUT2D eigenvalue weighted by Gasteiger charge is 2.09. The monoisotopic (exact) mass is 223 g/mol. The van der Waals surface area contributed by atoms with Crippen LogP contribution in [-0.4, -0.2) is 13.5 Å². The zero-order valence-corrected chi connectivity index (χ0v) is 7.84. The van der Waals surface area contributed by atoms with Crippen LogP contribution in [0.3, 0.4) is 0 Å². The van der Waals surface area contributed by atoms with Crippen LogP contribution in [0.15, 0.2) is 18.2 Å². The summed E-state index contributed by atoms with van der Waals surface area (Å²) in [6, 6.07) is 3.70. The van der Waals surface area contributed by atoms with Gasteiger partial charge in [-0.05, 0) is 12.1 Å². The summed E-state index contributed by atoms with van der Waals surface area (Å²) < 4.78 is 25.1. The molecule has 0 radical (unpaired) electrons. The molecule has 0 amide bonds. The Kier molecular flexibility index (Phi) is 2.65. The van der Waals surface area contributed by atoms with Crippen molar-refractivity contribution in [3.8, 4) is 11.5 Å². The summed E-state index contributed by atoms with van der Waals surface area (Å²) in [7, 11) is -4.12. The van der Waals surface area contributed by atoms with Gasteiger partial charge >= 0.3 is 10.3 Å². The topological polar surface area (TPSA) is 89.6 Å². The summed E-state index contributed by atoms with van der Waals surface area (Å²) >= 11 is 5.49. The van der Waals surface area contributed by atoms with Crippen molar-refractivity contribution in [3.05, 3.63) is 23.2 Å². The van der Waals surface area contributed by atoms with Crippen molar-refractivity contribution in [1.82, 2.24) is 0 Å². The molecule has 7 heteroatoms. The summed E-state index contributed by atoms with van der Waals surface area (Å²) in [6.07, 6.45) is 0. The first-order valence-electron chi connectivity index (χ1n) is 3.09. The molecule has 1 rings (SSSR count). The van der Waals surface area contributed by atoms with E-state index in [9.17, 15) is 8.42 Å². The first-order chi connectivity index (χ1) is 5.88. The Bertz CT molecular complexity index is 417. The van der Waals surface area contributed by atoms with E-state index in [4.69, 9.17) is 16.7 Å². The number of halogens is 1. The maximum atomic E-state index is 10.4. The van der Waals surface area contributed by atoms with Crippen molar-refractivity contribution in [2.24, 2.45) is 5.14 Å². The molecular formula is C6H6ClNO4S. The summed E-state index contributed by atoms with van der Waals surface area (Å²) in [5.74, 6) is -0.645. The van der Waals surface area contributed by atoms with Crippen molar-refractivity contribution in [3.63, 3.8) is 0 Å². The van der Waals surface area contributed by atoms with Gasteiger partial charge in [-0.25, -0.2) is 0 Å². The molecule has 1 aromatic rings. The molecule has 72 valence electrons. The summed E-state index contributed by atoms with van der Waals surface area (Å²) in [4.78, 5) is 0. The highest BCUT2D eigenvalue weighted by atomic mass is 35.5. The van der Waals surface area contributed by atoms with Crippen LogP contribution < -0.4 is 9.32 Å². The summed E-state index contributed by atoms with van der Waals surface area (Å²) in [5.41, 5.74) is 0. The Labute approximate surface area is 80.0 Å². The van der Waals surface area contributed by atoms with E-state index in [0.717, 1.165) is 6.07 Å². The number of phenols is 1. The van der Waals surface area contributed by atoms with Crippen LogP contribution in [-0.2, 0) is 10.3 Å². The SMILES string of the molecule is NS(=O)(=O)Oc1ccc(Cl)cc1O. The van der Waals surface area contributed by atoms with Crippen molar-refractivity contribution < 1.29 is 17.7 Å². The van der Waals surface area contributed by atoms with E-state index < -0.39 is 10.3 Å². The van der Waals surface area contributed by atoms with E-state index in [1.807, 2.05) is 0 Å². The van der Waals surface area contributed by atoms with Crippen LogP contribution in [0.5, 0.6) is 11.5 Å². The fourth-order valence-electron chi connectivity index (χ4n) is 0.686. The van der Waals surface area contributed by atoms with E-state index in [1.54, 1.807) is 0 Å². The van der Waals surface area contributed by atoms with Crippen LogP contribution in [0.4, 0.5) is 0 Å². The molecule has 3 N–H and O–H groups in total. The van der Waals surface area contributed by atoms with E-state index in [-0.39, 0.29) is 16.5 Å². The van der Waals surface area contributed by atoms with Gasteiger partial charge in [0.05, 0.1) is 0 Å². The van der Waals surface area contributed by atoms with Gasteiger partial charge in [-0.1, -0.05) is 11.6 Å². The minimum Gasteiger partial charge on any atom is -0.504 e. The highest BCUT2D eigenvalue weighted by Crippen LogP contribution is 2.29. The third-order valence-corrected chi connectivity index (χ3v) is 1.77. The van der Waals surface area contributed by atoms with Crippen LogP contribution >= 0.6 is 11.6 Å². The predicted octanol–water partition coefficient (Wildman–Crippen LogP) is 0.628. The van der Waals surface area contributed by atoms with Crippen LogP contribution in [0.25, 0.3) is 0 Å². The average molecular weight is 224 g/mol. The average Bonchev–Trinajstić information content (AvgIpc) is 1.93. The van der Waals surface area contributed by atoms with Crippen molar-refractivity contribution in [2.75, 3.05) is 0 Å². The highest BCUT2D eigenvalue weighted by molar-refractivity contribution is 7.84. The molecule has 0 spiro atoms. The fraction of sp³-hybridized carbons (Fsp3) is 0. The molecule has 0 saturated carbocycles. The first kappa shape index (κ1) is 10.1. The lowest BCUT2D eigenvalue weighted by Gasteiger charge is -2.03. The van der Waals surface area contributed by atoms with Gasteiger partial charge in [-0.15, -0.1) is 0 Å². The molecule has 5 nitrogen and oxygen atoms in total. The maximum Gasteiger partial charge on any atom is 0.380 e. The second kappa shape index (κ2) is 3.41. The van der Waals surface area contributed by atoms with Gasteiger partial charge in [-0.2, -0.15) is 13.6 Å². The van der Waals surface area contributed by atoms with Gasteiger partial charge in [0.15, 0.2) is 11.5 Å². The number of rotatable bonds is 2. The Morgan fingerprint density at radius 2 is 2.08 bits per heavy atom. The lowest BCUT2D eigenvalue weighted by atomic mass is 10.3. The van der Waals surface area contributed by atoms with E-state index in [2.05, 4.69) is 9.32 Å².